The molecule has 20 heavy (non-hydrogen) atoms. The lowest BCUT2D eigenvalue weighted by molar-refractivity contribution is 0.244. The number of hydrogen-bond acceptors (Lipinski definition) is 3. The minimum atomic E-state index is -0.159. The topological polar surface area (TPSA) is 35.5 Å². The number of nitrogens with one attached hydrogen (secondary N) is 1. The SMILES string of the molecule is C[C@@H](CO)CNc1ccc(N2CCCCCC2)c(F)c1. The Bertz CT molecular complexity index is 417. The van der Waals surface area contributed by atoms with Gasteiger partial charge < -0.3 is 15.3 Å². The van der Waals surface area contributed by atoms with Crippen molar-refractivity contribution in [3.8, 4) is 0 Å². The molecule has 2 rings (SSSR count). The van der Waals surface area contributed by atoms with Crippen molar-refractivity contribution in [1.29, 1.82) is 0 Å². The quantitative estimate of drug-likeness (QED) is 0.869. The highest BCUT2D eigenvalue weighted by Crippen LogP contribution is 2.25. The van der Waals surface area contributed by atoms with Gasteiger partial charge in [-0.2, -0.15) is 0 Å². The van der Waals surface area contributed by atoms with Crippen LogP contribution in [0.2, 0.25) is 0 Å². The van der Waals surface area contributed by atoms with Crippen LogP contribution in [-0.4, -0.2) is 31.3 Å². The maximum Gasteiger partial charge on any atom is 0.148 e. The van der Waals surface area contributed by atoms with Crippen molar-refractivity contribution in [2.24, 2.45) is 5.92 Å². The van der Waals surface area contributed by atoms with Crippen LogP contribution in [0.15, 0.2) is 18.2 Å². The standard InChI is InChI=1S/C16H25FN2O/c1-13(12-20)11-18-14-6-7-16(15(17)10-14)19-8-4-2-3-5-9-19/h6-7,10,13,18,20H,2-5,8-9,11-12H2,1H3/t13-/m1/s1. The van der Waals surface area contributed by atoms with Crippen LogP contribution >= 0.6 is 0 Å². The third kappa shape index (κ3) is 4.10. The van der Waals surface area contributed by atoms with E-state index in [1.165, 1.54) is 12.8 Å². The number of benzene rings is 1. The van der Waals surface area contributed by atoms with Gasteiger partial charge in [0.2, 0.25) is 0 Å². The maximum atomic E-state index is 14.2. The first-order valence-corrected chi connectivity index (χ1v) is 7.60. The molecular formula is C16H25FN2O. The van der Waals surface area contributed by atoms with Gasteiger partial charge in [0.15, 0.2) is 0 Å². The van der Waals surface area contributed by atoms with Crippen LogP contribution in [0.1, 0.15) is 32.6 Å². The second-order valence-electron chi connectivity index (χ2n) is 5.74. The fourth-order valence-electron chi connectivity index (χ4n) is 2.54. The van der Waals surface area contributed by atoms with E-state index in [0.29, 0.717) is 12.2 Å². The Balaban J connectivity index is 2.01. The molecular weight excluding hydrogens is 255 g/mol. The van der Waals surface area contributed by atoms with Gasteiger partial charge in [-0.1, -0.05) is 19.8 Å². The van der Waals surface area contributed by atoms with E-state index in [1.807, 2.05) is 19.1 Å². The average molecular weight is 280 g/mol. The Kier molecular flexibility index (Phi) is 5.65. The lowest BCUT2D eigenvalue weighted by Gasteiger charge is -2.23. The van der Waals surface area contributed by atoms with Crippen LogP contribution in [-0.2, 0) is 0 Å². The molecule has 1 fully saturated rings. The Morgan fingerprint density at radius 2 is 1.95 bits per heavy atom. The van der Waals surface area contributed by atoms with E-state index >= 15 is 0 Å². The van der Waals surface area contributed by atoms with Crippen molar-refractivity contribution >= 4 is 11.4 Å². The highest BCUT2D eigenvalue weighted by Gasteiger charge is 2.14. The largest absolute Gasteiger partial charge is 0.396 e. The highest BCUT2D eigenvalue weighted by atomic mass is 19.1. The summed E-state index contributed by atoms with van der Waals surface area (Å²) in [5.41, 5.74) is 1.49. The fraction of sp³-hybridized carbons (Fsp3) is 0.625. The average Bonchev–Trinajstić information content (AvgIpc) is 2.73. The van der Waals surface area contributed by atoms with Crippen LogP contribution in [0.5, 0.6) is 0 Å². The Labute approximate surface area is 120 Å². The van der Waals surface area contributed by atoms with Crippen LogP contribution in [0.4, 0.5) is 15.8 Å². The molecule has 2 N–H and O–H groups in total. The predicted octanol–water partition coefficient (Wildman–Crippen LogP) is 3.25. The molecule has 1 aromatic rings. The maximum absolute atomic E-state index is 14.2. The third-order valence-corrected chi connectivity index (χ3v) is 3.86. The van der Waals surface area contributed by atoms with E-state index in [9.17, 15) is 4.39 Å². The lowest BCUT2D eigenvalue weighted by atomic mass is 10.2. The number of halogens is 1. The summed E-state index contributed by atoms with van der Waals surface area (Å²) in [6, 6.07) is 5.35. The van der Waals surface area contributed by atoms with Crippen molar-refractivity contribution in [2.75, 3.05) is 36.5 Å². The number of nitrogens with zero attached hydrogens (tertiary/aromatic N) is 1. The summed E-state index contributed by atoms with van der Waals surface area (Å²) in [4.78, 5) is 2.16. The molecule has 1 aliphatic rings. The molecule has 1 aliphatic heterocycles. The summed E-state index contributed by atoms with van der Waals surface area (Å²) < 4.78 is 14.2. The van der Waals surface area contributed by atoms with Gasteiger partial charge >= 0.3 is 0 Å². The molecule has 0 saturated carbocycles. The van der Waals surface area contributed by atoms with Crippen molar-refractivity contribution in [3.63, 3.8) is 0 Å². The van der Waals surface area contributed by atoms with Crippen molar-refractivity contribution in [1.82, 2.24) is 0 Å². The van der Waals surface area contributed by atoms with Crippen molar-refractivity contribution < 1.29 is 9.50 Å². The smallest absolute Gasteiger partial charge is 0.148 e. The summed E-state index contributed by atoms with van der Waals surface area (Å²) in [7, 11) is 0. The Hall–Kier alpha value is -1.29. The zero-order chi connectivity index (χ0) is 14.4. The molecule has 0 spiro atoms. The van der Waals surface area contributed by atoms with Gasteiger partial charge in [0.05, 0.1) is 5.69 Å². The first-order chi connectivity index (χ1) is 9.70. The van der Waals surface area contributed by atoms with Gasteiger partial charge in [0.25, 0.3) is 0 Å². The van der Waals surface area contributed by atoms with Gasteiger partial charge in [-0.15, -0.1) is 0 Å². The second kappa shape index (κ2) is 7.48. The Morgan fingerprint density at radius 3 is 2.55 bits per heavy atom. The number of hydrogen-bond donors (Lipinski definition) is 2. The van der Waals surface area contributed by atoms with E-state index in [4.69, 9.17) is 5.11 Å². The van der Waals surface area contributed by atoms with Crippen molar-refractivity contribution in [3.05, 3.63) is 24.0 Å². The molecule has 0 unspecified atom stereocenters. The zero-order valence-corrected chi connectivity index (χ0v) is 12.2. The van der Waals surface area contributed by atoms with Gasteiger partial charge in [-0.05, 0) is 37.0 Å². The molecule has 0 radical (unpaired) electrons. The summed E-state index contributed by atoms with van der Waals surface area (Å²) in [6.07, 6.45) is 4.79. The number of aliphatic hydroxyl groups excluding tert-OH is 1. The molecule has 1 saturated heterocycles. The lowest BCUT2D eigenvalue weighted by Crippen LogP contribution is -2.25. The molecule has 0 aliphatic carbocycles. The van der Waals surface area contributed by atoms with Gasteiger partial charge in [-0.3, -0.25) is 0 Å². The molecule has 3 nitrogen and oxygen atoms in total. The van der Waals surface area contributed by atoms with Gasteiger partial charge in [0, 0.05) is 31.9 Å². The second-order valence-corrected chi connectivity index (χ2v) is 5.74. The third-order valence-electron chi connectivity index (χ3n) is 3.86. The van der Waals surface area contributed by atoms with E-state index < -0.39 is 0 Å². The predicted molar refractivity (Wildman–Crippen MR) is 81.8 cm³/mol. The molecule has 0 aromatic heterocycles. The van der Waals surface area contributed by atoms with Gasteiger partial charge in [-0.25, -0.2) is 4.39 Å². The van der Waals surface area contributed by atoms with E-state index in [1.54, 1.807) is 6.07 Å². The van der Waals surface area contributed by atoms with Crippen LogP contribution in [0, 0.1) is 11.7 Å². The van der Waals surface area contributed by atoms with Gasteiger partial charge in [0.1, 0.15) is 5.82 Å². The summed E-state index contributed by atoms with van der Waals surface area (Å²) >= 11 is 0. The molecule has 1 aromatic carbocycles. The molecule has 1 heterocycles. The molecule has 1 atom stereocenters. The highest BCUT2D eigenvalue weighted by molar-refractivity contribution is 5.56. The number of anilines is 2. The summed E-state index contributed by atoms with van der Waals surface area (Å²) in [5, 5.41) is 12.1. The normalized spacial score (nSPS) is 17.6. The van der Waals surface area contributed by atoms with Crippen LogP contribution in [0.25, 0.3) is 0 Å². The molecule has 0 amide bonds. The molecule has 4 heteroatoms. The minimum absolute atomic E-state index is 0.140. The molecule has 112 valence electrons. The Morgan fingerprint density at radius 1 is 1.25 bits per heavy atom. The van der Waals surface area contributed by atoms with E-state index in [2.05, 4.69) is 10.2 Å². The first-order valence-electron chi connectivity index (χ1n) is 7.60. The van der Waals surface area contributed by atoms with Crippen LogP contribution < -0.4 is 10.2 Å². The summed E-state index contributed by atoms with van der Waals surface area (Å²) in [6.45, 7) is 4.64. The van der Waals surface area contributed by atoms with Crippen molar-refractivity contribution in [2.45, 2.75) is 32.6 Å². The first kappa shape index (κ1) is 15.1. The molecule has 0 bridgehead atoms. The van der Waals surface area contributed by atoms with E-state index in [0.717, 1.165) is 31.6 Å². The fourth-order valence-corrected chi connectivity index (χ4v) is 2.54. The summed E-state index contributed by atoms with van der Waals surface area (Å²) in [5.74, 6) is 0.0110. The number of rotatable bonds is 5. The van der Waals surface area contributed by atoms with E-state index in [-0.39, 0.29) is 18.3 Å². The minimum Gasteiger partial charge on any atom is -0.396 e. The zero-order valence-electron chi connectivity index (χ0n) is 12.2. The monoisotopic (exact) mass is 280 g/mol. The number of aliphatic hydroxyl groups is 1. The van der Waals surface area contributed by atoms with Crippen LogP contribution in [0.3, 0.4) is 0 Å².